The van der Waals surface area contributed by atoms with Crippen molar-refractivity contribution in [3.8, 4) is 0 Å². The average Bonchev–Trinajstić information content (AvgIpc) is 3.37. The number of methoxy groups -OCH3 is 1. The van der Waals surface area contributed by atoms with Crippen molar-refractivity contribution < 1.29 is 9.53 Å². The lowest BCUT2D eigenvalue weighted by Gasteiger charge is -2.22. The molecule has 1 aliphatic heterocycles. The first-order valence-electron chi connectivity index (χ1n) is 13.2. The highest BCUT2D eigenvalue weighted by Crippen LogP contribution is 2.32. The zero-order valence-corrected chi connectivity index (χ0v) is 23.5. The number of nitrogens with one attached hydrogen (secondary N) is 2. The van der Waals surface area contributed by atoms with E-state index in [9.17, 15) is 4.79 Å². The number of ether oxygens (including phenoxy) is 1. The molecule has 0 spiro atoms. The molecule has 0 radical (unpaired) electrons. The molecular formula is C31H43N5O2. The fourth-order valence-electron chi connectivity index (χ4n) is 4.02. The Labute approximate surface area is 228 Å². The first kappa shape index (κ1) is 30.4. The lowest BCUT2D eigenvalue weighted by molar-refractivity contribution is -0.109. The second-order valence-electron chi connectivity index (χ2n) is 9.03. The minimum absolute atomic E-state index is 0.368. The minimum Gasteiger partial charge on any atom is -0.497 e. The number of hydrogen-bond donors (Lipinski definition) is 2. The summed E-state index contributed by atoms with van der Waals surface area (Å²) in [4.78, 5) is 14.2. The van der Waals surface area contributed by atoms with Crippen molar-refractivity contribution >= 4 is 18.3 Å². The number of hydrazone groups is 1. The van der Waals surface area contributed by atoms with E-state index in [-0.39, 0.29) is 0 Å². The van der Waals surface area contributed by atoms with Gasteiger partial charge in [0, 0.05) is 38.3 Å². The molecule has 1 aliphatic rings. The molecule has 38 heavy (non-hydrogen) atoms. The molecule has 7 heteroatoms. The van der Waals surface area contributed by atoms with Crippen LogP contribution >= 0.6 is 0 Å². The second kappa shape index (κ2) is 16.8. The van der Waals surface area contributed by atoms with E-state index >= 15 is 0 Å². The summed E-state index contributed by atoms with van der Waals surface area (Å²) in [6.07, 6.45) is 7.03. The van der Waals surface area contributed by atoms with E-state index in [1.165, 1.54) is 28.0 Å². The molecule has 0 aliphatic carbocycles. The fourth-order valence-corrected chi connectivity index (χ4v) is 4.02. The molecule has 204 valence electrons. The predicted octanol–water partition coefficient (Wildman–Crippen LogP) is 5.67. The summed E-state index contributed by atoms with van der Waals surface area (Å²) in [5.74, 6) is 1.28. The van der Waals surface area contributed by atoms with Crippen molar-refractivity contribution in [2.75, 3.05) is 26.7 Å². The van der Waals surface area contributed by atoms with E-state index in [2.05, 4.69) is 96.5 Å². The second-order valence-corrected chi connectivity index (χ2v) is 9.03. The Morgan fingerprint density at radius 2 is 1.89 bits per heavy atom. The summed E-state index contributed by atoms with van der Waals surface area (Å²) in [6.45, 7) is 14.5. The number of benzene rings is 2. The number of amides is 1. The maximum atomic E-state index is 10.0. The molecule has 7 nitrogen and oxygen atoms in total. The van der Waals surface area contributed by atoms with Gasteiger partial charge >= 0.3 is 0 Å². The van der Waals surface area contributed by atoms with Gasteiger partial charge in [-0.05, 0) is 68.9 Å². The maximum Gasteiger partial charge on any atom is 0.207 e. The third kappa shape index (κ3) is 9.88. The van der Waals surface area contributed by atoms with Crippen LogP contribution in [0.25, 0.3) is 0 Å². The van der Waals surface area contributed by atoms with E-state index in [4.69, 9.17) is 9.84 Å². The summed E-state index contributed by atoms with van der Waals surface area (Å²) in [6, 6.07) is 17.7. The van der Waals surface area contributed by atoms with Crippen molar-refractivity contribution in [3.63, 3.8) is 0 Å². The van der Waals surface area contributed by atoms with Crippen LogP contribution in [-0.2, 0) is 9.53 Å². The van der Waals surface area contributed by atoms with Gasteiger partial charge in [0.05, 0.1) is 18.9 Å². The van der Waals surface area contributed by atoms with Gasteiger partial charge in [0.15, 0.2) is 0 Å². The van der Waals surface area contributed by atoms with E-state index < -0.39 is 0 Å². The molecule has 1 amide bonds. The van der Waals surface area contributed by atoms with Crippen LogP contribution in [0, 0.1) is 13.8 Å². The number of aryl methyl sites for hydroxylation is 2. The molecule has 3 rings (SSSR count). The summed E-state index contributed by atoms with van der Waals surface area (Å²) in [5.41, 5.74) is 6.48. The number of allylic oxidation sites excluding steroid dienone is 1. The average molecular weight is 518 g/mol. The largest absolute Gasteiger partial charge is 0.497 e. The Morgan fingerprint density at radius 1 is 1.16 bits per heavy atom. The van der Waals surface area contributed by atoms with Crippen LogP contribution in [0.1, 0.15) is 61.4 Å². The van der Waals surface area contributed by atoms with Crippen LogP contribution in [0.15, 0.2) is 82.9 Å². The third-order valence-corrected chi connectivity index (χ3v) is 6.31. The monoisotopic (exact) mass is 517 g/mol. The number of hydrogen-bond acceptors (Lipinski definition) is 6. The first-order valence-corrected chi connectivity index (χ1v) is 13.2. The molecule has 2 N–H and O–H groups in total. The van der Waals surface area contributed by atoms with Crippen LogP contribution in [0.3, 0.4) is 0 Å². The van der Waals surface area contributed by atoms with Gasteiger partial charge in [-0.2, -0.15) is 5.10 Å². The summed E-state index contributed by atoms with van der Waals surface area (Å²) in [5, 5.41) is 12.8. The van der Waals surface area contributed by atoms with Crippen LogP contribution in [0.2, 0.25) is 0 Å². The lowest BCUT2D eigenvalue weighted by Crippen LogP contribution is -2.18. The first-order chi connectivity index (χ1) is 18.4. The van der Waals surface area contributed by atoms with Gasteiger partial charge < -0.3 is 15.4 Å². The van der Waals surface area contributed by atoms with Gasteiger partial charge in [0.2, 0.25) is 6.41 Å². The number of unbranched alkanes of at least 4 members (excludes halogenated alkanes) is 1. The quantitative estimate of drug-likeness (QED) is 0.118. The smallest absolute Gasteiger partial charge is 0.207 e. The Morgan fingerprint density at radius 3 is 2.53 bits per heavy atom. The molecular weight excluding hydrogens is 474 g/mol. The van der Waals surface area contributed by atoms with Gasteiger partial charge in [-0.15, -0.1) is 0 Å². The Balaban J connectivity index is 0.000000275. The van der Waals surface area contributed by atoms with Gasteiger partial charge in [-0.3, -0.25) is 9.80 Å². The van der Waals surface area contributed by atoms with Crippen molar-refractivity contribution in [3.05, 3.63) is 95.0 Å². The van der Waals surface area contributed by atoms with E-state index in [0.29, 0.717) is 24.8 Å². The molecule has 1 unspecified atom stereocenters. The van der Waals surface area contributed by atoms with Gasteiger partial charge in [-0.25, -0.2) is 4.99 Å². The molecule has 2 aromatic rings. The summed E-state index contributed by atoms with van der Waals surface area (Å²) >= 11 is 0. The zero-order chi connectivity index (χ0) is 27.8. The maximum absolute atomic E-state index is 10.0. The van der Waals surface area contributed by atoms with Gasteiger partial charge in [0.25, 0.3) is 0 Å². The molecule has 0 fully saturated rings. The fraction of sp³-hybridized carbons (Fsp3) is 0.387. The number of aliphatic imine (C=N–C) groups is 1. The molecule has 0 bridgehead atoms. The van der Waals surface area contributed by atoms with Gasteiger partial charge in [0.1, 0.15) is 11.6 Å². The van der Waals surface area contributed by atoms with Crippen LogP contribution < -0.4 is 10.6 Å². The van der Waals surface area contributed by atoms with Crippen molar-refractivity contribution in [1.82, 2.24) is 15.6 Å². The van der Waals surface area contributed by atoms with Crippen LogP contribution in [0.5, 0.6) is 0 Å². The minimum atomic E-state index is 0.368. The Bertz CT molecular complexity index is 1110. The highest BCUT2D eigenvalue weighted by Gasteiger charge is 2.27. The Hall–Kier alpha value is -3.87. The van der Waals surface area contributed by atoms with Crippen molar-refractivity contribution in [2.45, 2.75) is 53.0 Å². The van der Waals surface area contributed by atoms with Gasteiger partial charge in [-0.1, -0.05) is 49.0 Å². The number of nitrogens with zero attached hydrogens (tertiary/aromatic N) is 3. The summed E-state index contributed by atoms with van der Waals surface area (Å²) < 4.78 is 4.95. The number of rotatable bonds is 13. The van der Waals surface area contributed by atoms with Crippen LogP contribution in [-0.4, -0.2) is 50.1 Å². The molecule has 0 aromatic heterocycles. The number of carbonyl (C=O) groups excluding carboxylic acids is 1. The number of carbonyl (C=O) groups is 1. The SMILES string of the molecule is C=C(/C=C(\N=C/C)NCCCCNC=O)OC.CCN1N=C(c2ccc(C)c(C)c2)CC1c1ccccc1. The predicted molar refractivity (Wildman–Crippen MR) is 158 cm³/mol. The van der Waals surface area contributed by atoms with E-state index in [1.807, 2.05) is 6.92 Å². The topological polar surface area (TPSA) is 78.3 Å². The van der Waals surface area contributed by atoms with Crippen molar-refractivity contribution in [1.29, 1.82) is 0 Å². The lowest BCUT2D eigenvalue weighted by atomic mass is 9.96. The van der Waals surface area contributed by atoms with Crippen LogP contribution in [0.4, 0.5) is 0 Å². The summed E-state index contributed by atoms with van der Waals surface area (Å²) in [7, 11) is 1.57. The molecule has 1 heterocycles. The molecule has 1 atom stereocenters. The highest BCUT2D eigenvalue weighted by molar-refractivity contribution is 6.02. The third-order valence-electron chi connectivity index (χ3n) is 6.31. The molecule has 0 saturated carbocycles. The van der Waals surface area contributed by atoms with E-state index in [0.717, 1.165) is 38.2 Å². The highest BCUT2D eigenvalue weighted by atomic mass is 16.5. The van der Waals surface area contributed by atoms with Crippen molar-refractivity contribution in [2.24, 2.45) is 10.1 Å². The molecule has 2 aromatic carbocycles. The van der Waals surface area contributed by atoms with E-state index in [1.54, 1.807) is 19.4 Å². The zero-order valence-electron chi connectivity index (χ0n) is 23.5. The molecule has 0 saturated heterocycles. The Kier molecular flexibility index (Phi) is 13.4. The standard InChI is InChI=1S/C19H22N2.C12H21N3O2/c1-4-21-19(16-8-6-5-7-9-16)13-18(20-21)17-11-10-14(2)15(3)12-17;1-4-14-12(9-11(2)17-3)15-8-6-5-7-13-10-16/h5-12,19H,4,13H2,1-3H3;4,9-10,15H,2,5-8H2,1,3H3,(H,13,16)/b;12-9+,14-4-. The normalized spacial score (nSPS) is 15.0.